The van der Waals surface area contributed by atoms with Gasteiger partial charge in [0.1, 0.15) is 86.8 Å². The summed E-state index contributed by atoms with van der Waals surface area (Å²) in [6.45, 7) is 11.0. The highest BCUT2D eigenvalue weighted by Crippen LogP contribution is 2.36. The van der Waals surface area contributed by atoms with E-state index < -0.39 is 45.8 Å². The van der Waals surface area contributed by atoms with Gasteiger partial charge in [-0.05, 0) is 248 Å². The summed E-state index contributed by atoms with van der Waals surface area (Å²) in [5.74, 6) is 3.63. The molecule has 0 radical (unpaired) electrons. The lowest BCUT2D eigenvalue weighted by atomic mass is 9.94. The summed E-state index contributed by atoms with van der Waals surface area (Å²) in [7, 11) is -2.18. The zero-order valence-electron chi connectivity index (χ0n) is 76.9. The van der Waals surface area contributed by atoms with Crippen molar-refractivity contribution < 1.29 is 87.6 Å². The van der Waals surface area contributed by atoms with Gasteiger partial charge in [0, 0.05) is 32.2 Å². The third kappa shape index (κ3) is 28.8. The number of halogens is 3. The summed E-state index contributed by atoms with van der Waals surface area (Å²) in [6, 6.07) is 70.0. The highest BCUT2D eigenvalue weighted by molar-refractivity contribution is 9.11. The molecule has 38 nitrogen and oxygen atoms in total. The minimum absolute atomic E-state index is 0.0138. The lowest BCUT2D eigenvalue weighted by molar-refractivity contribution is -0.142. The predicted octanol–water partition coefficient (Wildman–Crippen LogP) is 17.7. The highest BCUT2D eigenvalue weighted by atomic mass is 79.9. The molecule has 726 valence electrons. The van der Waals surface area contributed by atoms with Crippen LogP contribution in [0, 0.1) is 11.3 Å². The van der Waals surface area contributed by atoms with Gasteiger partial charge in [0.25, 0.3) is 35.4 Å². The summed E-state index contributed by atoms with van der Waals surface area (Å²) in [6.07, 6.45) is 18.8. The quantitative estimate of drug-likeness (QED) is 0.0110. The molecule has 0 saturated heterocycles. The van der Waals surface area contributed by atoms with E-state index in [1.54, 1.807) is 122 Å². The fraction of sp³-hybridized carbons (Fsp3) is 0.140. The second-order valence-electron chi connectivity index (χ2n) is 30.2. The molecular weight excluding hydrogens is 2040 g/mol. The van der Waals surface area contributed by atoms with Crippen molar-refractivity contribution in [2.24, 2.45) is 20.4 Å². The topological polar surface area (TPSA) is 505 Å². The minimum atomic E-state index is -3.69. The Morgan fingerprint density at radius 3 is 1.78 bits per heavy atom. The van der Waals surface area contributed by atoms with Crippen LogP contribution < -0.4 is 46.0 Å². The van der Waals surface area contributed by atoms with E-state index >= 15 is 0 Å². The normalized spacial score (nSPS) is 12.6. The number of sulfonamides is 1. The molecule has 16 aromatic rings. The number of nitrogens with zero attached hydrogens (tertiary/aromatic N) is 14. The summed E-state index contributed by atoms with van der Waals surface area (Å²) < 4.78 is 83.6. The first-order chi connectivity index (χ1) is 68.6. The average molecular weight is 2130 g/mol. The number of nitriles is 1. The Morgan fingerprint density at radius 2 is 1.20 bits per heavy atom. The Hall–Kier alpha value is -17.0. The molecule has 10 heterocycles. The lowest BCUT2D eigenvalue weighted by Crippen LogP contribution is -2.46. The van der Waals surface area contributed by atoms with Crippen LogP contribution in [0.2, 0.25) is 0 Å². The van der Waals surface area contributed by atoms with Crippen LogP contribution in [0.25, 0.3) is 68.4 Å². The molecule has 0 spiro atoms. The SMILES string of the molecule is CC(C)Oc1ccc(Br)cc1C(=O)N/N=C/c1ccco1.CC1=C(C#N)C(=O)N(CC(C)O)C(=O)/C1=C/c1ccc(-c2ccc(Br)cc2)o1.CCn1c(/C=C/c2ccco2)nc2ccccc21.COc1ccc(N(C(C)C(=O)N/N=C/c2ccco2)S(C)(=O)=O)cc1.Nc1nonc1-n1nnc(C(=O)N/N=C/c2ccco2)c1-c1ccccc1.O=C(COc1ccc2ccccc2c1Br)N/N=C/c1ccco1. The summed E-state index contributed by atoms with van der Waals surface area (Å²) in [4.78, 5) is 79.4. The van der Waals surface area contributed by atoms with Crippen LogP contribution in [0.3, 0.4) is 0 Å². The first-order valence-corrected chi connectivity index (χ1v) is 47.1. The Bertz CT molecular complexity index is 7350. The number of hydrazone groups is 4. The minimum Gasteiger partial charge on any atom is -0.497 e. The molecule has 6 amide bonds. The number of ether oxygens (including phenoxy) is 3. The van der Waals surface area contributed by atoms with Crippen molar-refractivity contribution >= 4 is 170 Å². The van der Waals surface area contributed by atoms with Gasteiger partial charge in [0.05, 0.1) is 115 Å². The number of fused-ring (bicyclic) bond motifs is 2. The monoisotopic (exact) mass is 2130 g/mol. The highest BCUT2D eigenvalue weighted by Gasteiger charge is 2.37. The van der Waals surface area contributed by atoms with Crippen molar-refractivity contribution in [1.82, 2.24) is 61.5 Å². The number of β-amino-alcohol motifs (C(OH)–C–C–N with tert-alkyl or cyclic N) is 1. The Kier molecular flexibility index (Phi) is 37.2. The maximum absolute atomic E-state index is 12.8. The van der Waals surface area contributed by atoms with Crippen molar-refractivity contribution in [1.29, 1.82) is 5.26 Å². The first kappa shape index (κ1) is 104. The van der Waals surface area contributed by atoms with Gasteiger partial charge in [-0.3, -0.25) is 38.0 Å². The maximum Gasteiger partial charge on any atom is 0.294 e. The molecule has 42 heteroatoms. The molecule has 2 atom stereocenters. The van der Waals surface area contributed by atoms with Crippen molar-refractivity contribution in [2.45, 2.75) is 66.3 Å². The lowest BCUT2D eigenvalue weighted by Gasteiger charge is -2.28. The number of para-hydroxylation sites is 2. The van der Waals surface area contributed by atoms with E-state index in [0.29, 0.717) is 79.9 Å². The zero-order valence-corrected chi connectivity index (χ0v) is 82.5. The molecule has 7 N–H and O–H groups in total. The number of nitrogens with two attached hydrogens (primary N) is 1. The van der Waals surface area contributed by atoms with Crippen molar-refractivity contribution in [2.75, 3.05) is 36.6 Å². The molecule has 0 aliphatic carbocycles. The molecule has 0 bridgehead atoms. The number of nitrogen functional groups attached to an aromatic ring is 1. The van der Waals surface area contributed by atoms with E-state index in [-0.39, 0.29) is 59.5 Å². The van der Waals surface area contributed by atoms with Gasteiger partial charge < -0.3 is 56.1 Å². The van der Waals surface area contributed by atoms with Crippen LogP contribution in [0.5, 0.6) is 17.2 Å². The standard InChI is InChI=1S/C21H17BrN2O4.C17H13BrN2O3.C16H12N8O3.C16H19N3O5S.C15H15BrN2O3.C15H14N2O/c1-12(25)11-24-20(26)17(13(2)18(10-23)21(24)27)9-16-7-8-19(28-16)14-3-5-15(22)6-4-14;18-17-14-6-2-1-4-12(14)7-8-15(17)23-11-16(21)20-19-10-13-5-3-9-22-13;17-14-15(22-27-21-14)24-13(10-5-2-1-3-6-10)12(19-23-24)16(25)20-18-9-11-7-4-8-26-11;1-12(16(20)18-17-11-15-5-4-10-24-15)19(25(3,21)22)13-6-8-14(23-2)9-7-13;1-10(2)21-14-6-5-11(16)8-13(14)15(19)18-17-9-12-4-3-7-20-12;1-2-17-14-8-4-3-7-13(14)16-15(17)10-9-12-6-5-11-18-12/h3-9,12,25H,11H2,1-2H3;1-10H,11H2,(H,20,21);1-9H,(H2,17,21)(H,20,25);4-12H,1-3H3,(H,18,20);3-10H,1-2H3,(H,18,19);3-11H,2H2,1H3/b17-9+;19-10+;18-9+;17-11+;17-9+;10-9+. The summed E-state index contributed by atoms with van der Waals surface area (Å²) >= 11 is 10.2. The molecule has 1 aliphatic rings. The molecule has 1 aliphatic heterocycles. The van der Waals surface area contributed by atoms with Crippen molar-refractivity contribution in [3.63, 3.8) is 0 Å². The zero-order chi connectivity index (χ0) is 101. The van der Waals surface area contributed by atoms with Crippen molar-refractivity contribution in [3.05, 3.63) is 344 Å². The maximum atomic E-state index is 12.8. The van der Waals surface area contributed by atoms with Crippen LogP contribution in [-0.2, 0) is 35.7 Å². The van der Waals surface area contributed by atoms with Gasteiger partial charge in [-0.15, -0.1) is 5.10 Å². The Morgan fingerprint density at radius 1 is 0.627 bits per heavy atom. The molecule has 17 rings (SSSR count). The molecular formula is C100H90Br3N19O19S. The number of anilines is 2. The number of hydrogen-bond donors (Lipinski definition) is 6. The van der Waals surface area contributed by atoms with E-state index in [0.717, 1.165) is 68.9 Å². The predicted molar refractivity (Wildman–Crippen MR) is 542 cm³/mol. The Balaban J connectivity index is 0.000000153. The van der Waals surface area contributed by atoms with Gasteiger partial charge in [-0.25, -0.2) is 39.7 Å². The molecule has 0 fully saturated rings. The number of carbonyl (C=O) groups is 6. The number of hydrogen-bond acceptors (Lipinski definition) is 30. The first-order valence-electron chi connectivity index (χ1n) is 42.9. The van der Waals surface area contributed by atoms with Gasteiger partial charge in [0.15, 0.2) is 12.3 Å². The summed E-state index contributed by atoms with van der Waals surface area (Å²) in [5, 5.41) is 51.5. The van der Waals surface area contributed by atoms with Crippen molar-refractivity contribution in [3.8, 4) is 51.7 Å². The smallest absolute Gasteiger partial charge is 0.294 e. The number of rotatable bonds is 29. The number of imidazole rings is 1. The van der Waals surface area contributed by atoms with Crippen LogP contribution in [0.15, 0.2) is 344 Å². The van der Waals surface area contributed by atoms with E-state index in [2.05, 4.69) is 138 Å². The van der Waals surface area contributed by atoms with E-state index in [9.17, 15) is 47.6 Å². The van der Waals surface area contributed by atoms with Crippen LogP contribution in [-0.4, -0.2) is 158 Å². The number of aliphatic hydroxyl groups is 1. The van der Waals surface area contributed by atoms with E-state index in [4.69, 9.17) is 46.4 Å². The van der Waals surface area contributed by atoms with Crippen LogP contribution in [0.4, 0.5) is 11.5 Å². The number of aryl methyl sites for hydroxylation is 1. The van der Waals surface area contributed by atoms with Gasteiger partial charge >= 0.3 is 0 Å². The largest absolute Gasteiger partial charge is 0.497 e. The average Bonchev–Trinajstić information content (AvgIpc) is 1.05. The van der Waals surface area contributed by atoms with Gasteiger partial charge in [0.2, 0.25) is 21.7 Å². The van der Waals surface area contributed by atoms with E-state index in [1.807, 2.05) is 147 Å². The number of nitrogens with one attached hydrogen (secondary N) is 4. The number of aliphatic hydroxyl groups excluding tert-OH is 1. The third-order valence-corrected chi connectivity index (χ3v) is 22.8. The second-order valence-corrected chi connectivity index (χ2v) is 34.6. The van der Waals surface area contributed by atoms with Gasteiger partial charge in [-0.1, -0.05) is 122 Å². The van der Waals surface area contributed by atoms with Crippen LogP contribution >= 0.6 is 47.8 Å². The molecule has 2 unspecified atom stereocenters. The number of benzene rings is 7. The molecule has 7 aromatic carbocycles. The second kappa shape index (κ2) is 50.9. The fourth-order valence-electron chi connectivity index (χ4n) is 13.2. The number of imide groups is 1. The molecule has 9 aromatic heterocycles. The number of carbonyl (C=O) groups excluding carboxylic acids is 6. The number of aromatic nitrogens is 7. The third-order valence-electron chi connectivity index (χ3n) is 19.7. The van der Waals surface area contributed by atoms with E-state index in [1.165, 1.54) is 87.1 Å². The van der Waals surface area contributed by atoms with Crippen LogP contribution in [0.1, 0.15) is 103 Å². The Labute approximate surface area is 837 Å². The number of furan rings is 6. The molecule has 0 saturated carbocycles. The number of methoxy groups -OCH3 is 1. The summed E-state index contributed by atoms with van der Waals surface area (Å²) in [5.41, 5.74) is 20.5. The number of amides is 6. The fourth-order valence-corrected chi connectivity index (χ4v) is 15.6. The van der Waals surface area contributed by atoms with Gasteiger partial charge in [-0.2, -0.15) is 30.3 Å². The molecule has 142 heavy (non-hydrogen) atoms.